The van der Waals surface area contributed by atoms with Gasteiger partial charge in [-0.25, -0.2) is 0 Å². The van der Waals surface area contributed by atoms with Gasteiger partial charge in [0.15, 0.2) is 0 Å². The first-order valence-corrected chi connectivity index (χ1v) is 7.10. The second-order valence-electron chi connectivity index (χ2n) is 3.76. The van der Waals surface area contributed by atoms with Gasteiger partial charge in [0.25, 0.3) is 0 Å². The van der Waals surface area contributed by atoms with Crippen molar-refractivity contribution in [3.63, 3.8) is 0 Å². The maximum atomic E-state index is 4.31. The van der Waals surface area contributed by atoms with Gasteiger partial charge in [-0.05, 0) is 29.9 Å². The molecule has 1 rings (SSSR count). The number of nitrogens with zero attached hydrogens (tertiary/aromatic N) is 2. The molecule has 0 aromatic carbocycles. The van der Waals surface area contributed by atoms with Crippen LogP contribution in [-0.2, 0) is 13.6 Å². The lowest BCUT2D eigenvalue weighted by Gasteiger charge is -2.02. The Bertz CT molecular complexity index is 260. The van der Waals surface area contributed by atoms with Crippen molar-refractivity contribution >= 4 is 22.6 Å². The van der Waals surface area contributed by atoms with Gasteiger partial charge in [-0.1, -0.05) is 35.4 Å². The van der Waals surface area contributed by atoms with E-state index in [-0.39, 0.29) is 0 Å². The van der Waals surface area contributed by atoms with Gasteiger partial charge in [0.05, 0.1) is 5.69 Å². The van der Waals surface area contributed by atoms with E-state index in [4.69, 9.17) is 0 Å². The van der Waals surface area contributed by atoms with E-state index in [0.29, 0.717) is 0 Å². The minimum Gasteiger partial charge on any atom is -0.311 e. The summed E-state index contributed by atoms with van der Waals surface area (Å²) in [5, 5.41) is 7.73. The van der Waals surface area contributed by atoms with E-state index in [1.807, 2.05) is 17.9 Å². The number of halogens is 1. The molecule has 0 spiro atoms. The lowest BCUT2D eigenvalue weighted by atomic mass is 10.2. The first-order chi connectivity index (χ1) is 7.33. The second kappa shape index (κ2) is 8.10. The van der Waals surface area contributed by atoms with Crippen molar-refractivity contribution in [2.45, 2.75) is 32.2 Å². The molecule has 4 heteroatoms. The highest BCUT2D eigenvalue weighted by atomic mass is 127. The van der Waals surface area contributed by atoms with Gasteiger partial charge in [0.1, 0.15) is 0 Å². The number of nitrogens with one attached hydrogen (secondary N) is 1. The molecular formula is C11H20IN3. The third kappa shape index (κ3) is 6.14. The largest absolute Gasteiger partial charge is 0.311 e. The van der Waals surface area contributed by atoms with E-state index in [1.165, 1.54) is 30.1 Å². The predicted molar refractivity (Wildman–Crippen MR) is 72.3 cm³/mol. The number of aromatic nitrogens is 2. The van der Waals surface area contributed by atoms with Crippen LogP contribution in [0.1, 0.15) is 31.4 Å². The van der Waals surface area contributed by atoms with Crippen LogP contribution in [0.15, 0.2) is 12.3 Å². The lowest BCUT2D eigenvalue weighted by Crippen LogP contribution is -2.15. The molecule has 0 aliphatic carbocycles. The average Bonchev–Trinajstić information content (AvgIpc) is 2.63. The molecule has 1 aromatic heterocycles. The molecule has 0 amide bonds. The molecule has 0 fully saturated rings. The number of unbranched alkanes of at least 4 members (excludes halogenated alkanes) is 3. The maximum Gasteiger partial charge on any atom is 0.0762 e. The van der Waals surface area contributed by atoms with Crippen LogP contribution in [0.4, 0.5) is 0 Å². The van der Waals surface area contributed by atoms with Crippen molar-refractivity contribution in [3.8, 4) is 0 Å². The molecule has 15 heavy (non-hydrogen) atoms. The molecule has 0 aliphatic rings. The predicted octanol–water partition coefficient (Wildman–Crippen LogP) is 2.51. The van der Waals surface area contributed by atoms with E-state index < -0.39 is 0 Å². The highest BCUT2D eigenvalue weighted by Crippen LogP contribution is 2.01. The average molecular weight is 321 g/mol. The summed E-state index contributed by atoms with van der Waals surface area (Å²) in [5.74, 6) is 0. The summed E-state index contributed by atoms with van der Waals surface area (Å²) < 4.78 is 3.14. The normalized spacial score (nSPS) is 10.8. The minimum atomic E-state index is 0.896. The van der Waals surface area contributed by atoms with Crippen molar-refractivity contribution in [2.24, 2.45) is 7.05 Å². The van der Waals surface area contributed by atoms with Gasteiger partial charge < -0.3 is 5.32 Å². The van der Waals surface area contributed by atoms with Gasteiger partial charge >= 0.3 is 0 Å². The van der Waals surface area contributed by atoms with Crippen molar-refractivity contribution in [1.29, 1.82) is 0 Å². The van der Waals surface area contributed by atoms with E-state index in [2.05, 4.69) is 39.1 Å². The quantitative estimate of drug-likeness (QED) is 0.453. The molecule has 0 radical (unpaired) electrons. The first-order valence-electron chi connectivity index (χ1n) is 5.58. The fourth-order valence-electron chi connectivity index (χ4n) is 1.47. The third-order valence-corrected chi connectivity index (χ3v) is 3.07. The molecule has 86 valence electrons. The van der Waals surface area contributed by atoms with Crippen LogP contribution in [0.2, 0.25) is 0 Å². The van der Waals surface area contributed by atoms with Crippen LogP contribution < -0.4 is 5.32 Å². The zero-order valence-corrected chi connectivity index (χ0v) is 11.5. The monoisotopic (exact) mass is 321 g/mol. The van der Waals surface area contributed by atoms with Crippen LogP contribution in [0.3, 0.4) is 0 Å². The zero-order chi connectivity index (χ0) is 10.9. The minimum absolute atomic E-state index is 0.896. The summed E-state index contributed by atoms with van der Waals surface area (Å²) in [5.41, 5.74) is 1.13. The van der Waals surface area contributed by atoms with Crippen molar-refractivity contribution in [1.82, 2.24) is 15.1 Å². The Balaban J connectivity index is 1.93. The Morgan fingerprint density at radius 2 is 2.13 bits per heavy atom. The summed E-state index contributed by atoms with van der Waals surface area (Å²) in [6.07, 6.45) is 7.34. The van der Waals surface area contributed by atoms with Gasteiger partial charge in [0.2, 0.25) is 0 Å². The van der Waals surface area contributed by atoms with Crippen LogP contribution >= 0.6 is 22.6 Å². The van der Waals surface area contributed by atoms with E-state index in [0.717, 1.165) is 18.8 Å². The molecule has 0 saturated heterocycles. The number of hydrogen-bond acceptors (Lipinski definition) is 2. The summed E-state index contributed by atoms with van der Waals surface area (Å²) in [7, 11) is 1.95. The SMILES string of the molecule is Cn1ccc(CNCCCCCCI)n1. The lowest BCUT2D eigenvalue weighted by molar-refractivity contribution is 0.591. The summed E-state index contributed by atoms with van der Waals surface area (Å²) >= 11 is 2.44. The molecule has 0 bridgehead atoms. The summed E-state index contributed by atoms with van der Waals surface area (Å²) in [6.45, 7) is 2.00. The Morgan fingerprint density at radius 3 is 2.80 bits per heavy atom. The van der Waals surface area contributed by atoms with Gasteiger partial charge in [-0.15, -0.1) is 0 Å². The molecule has 1 aromatic rings. The maximum absolute atomic E-state index is 4.31. The van der Waals surface area contributed by atoms with E-state index in [1.54, 1.807) is 0 Å². The van der Waals surface area contributed by atoms with Crippen LogP contribution in [-0.4, -0.2) is 20.8 Å². The molecule has 0 aliphatic heterocycles. The Labute approximate surface area is 106 Å². The second-order valence-corrected chi connectivity index (χ2v) is 4.84. The number of aryl methyl sites for hydroxylation is 1. The van der Waals surface area contributed by atoms with Crippen LogP contribution in [0.5, 0.6) is 0 Å². The topological polar surface area (TPSA) is 29.9 Å². The van der Waals surface area contributed by atoms with Crippen molar-refractivity contribution < 1.29 is 0 Å². The van der Waals surface area contributed by atoms with E-state index in [9.17, 15) is 0 Å². The number of rotatable bonds is 8. The molecule has 1 N–H and O–H groups in total. The van der Waals surface area contributed by atoms with Gasteiger partial charge in [0, 0.05) is 19.8 Å². The molecule has 3 nitrogen and oxygen atoms in total. The third-order valence-electron chi connectivity index (χ3n) is 2.31. The fraction of sp³-hybridized carbons (Fsp3) is 0.727. The van der Waals surface area contributed by atoms with Crippen molar-refractivity contribution in [2.75, 3.05) is 11.0 Å². The highest BCUT2D eigenvalue weighted by Gasteiger charge is 1.95. The van der Waals surface area contributed by atoms with Crippen LogP contribution in [0.25, 0.3) is 0 Å². The molecule has 1 heterocycles. The Kier molecular flexibility index (Phi) is 7.00. The van der Waals surface area contributed by atoms with Gasteiger partial charge in [-0.2, -0.15) is 5.10 Å². The molecule has 0 unspecified atom stereocenters. The molecule has 0 atom stereocenters. The molecular weight excluding hydrogens is 301 g/mol. The van der Waals surface area contributed by atoms with Crippen molar-refractivity contribution in [3.05, 3.63) is 18.0 Å². The number of alkyl halides is 1. The summed E-state index contributed by atoms with van der Waals surface area (Å²) in [4.78, 5) is 0. The first kappa shape index (κ1) is 13.0. The van der Waals surface area contributed by atoms with Gasteiger partial charge in [-0.3, -0.25) is 4.68 Å². The van der Waals surface area contributed by atoms with E-state index >= 15 is 0 Å². The fourth-order valence-corrected chi connectivity index (χ4v) is 2.01. The Hall–Kier alpha value is -0.100. The molecule has 0 saturated carbocycles. The Morgan fingerprint density at radius 1 is 1.33 bits per heavy atom. The number of hydrogen-bond donors (Lipinski definition) is 1. The highest BCUT2D eigenvalue weighted by molar-refractivity contribution is 14.1. The zero-order valence-electron chi connectivity index (χ0n) is 9.38. The smallest absolute Gasteiger partial charge is 0.0762 e. The summed E-state index contributed by atoms with van der Waals surface area (Å²) in [6, 6.07) is 2.06. The van der Waals surface area contributed by atoms with Crippen LogP contribution in [0, 0.1) is 0 Å². The standard InChI is InChI=1S/C11H20IN3/c1-15-9-6-11(14-15)10-13-8-5-3-2-4-7-12/h6,9,13H,2-5,7-8,10H2,1H3.